The molecule has 1 atom stereocenters. The number of hydrogen-bond acceptors (Lipinski definition) is 4. The van der Waals surface area contributed by atoms with E-state index in [-0.39, 0.29) is 11.8 Å². The SMILES string of the molecule is CCC(C)(C)C(=O)C(=O)N1CCC[C@H]1C(=S)OCCCc1ccccc1. The van der Waals surface area contributed by atoms with Crippen LogP contribution in [0.1, 0.15) is 52.0 Å². The van der Waals surface area contributed by atoms with E-state index in [0.717, 1.165) is 25.7 Å². The van der Waals surface area contributed by atoms with Gasteiger partial charge in [0.05, 0.1) is 6.61 Å². The number of amides is 1. The Morgan fingerprint density at radius 3 is 2.62 bits per heavy atom. The maximum atomic E-state index is 12.6. The summed E-state index contributed by atoms with van der Waals surface area (Å²) in [6, 6.07) is 9.98. The molecule has 1 aromatic rings. The average Bonchev–Trinajstić information content (AvgIpc) is 3.14. The number of rotatable bonds is 8. The second kappa shape index (κ2) is 9.26. The molecule has 2 rings (SSSR count). The molecule has 4 nitrogen and oxygen atoms in total. The summed E-state index contributed by atoms with van der Waals surface area (Å²) in [7, 11) is 0. The maximum absolute atomic E-state index is 12.6. The number of likely N-dealkylation sites (tertiary alicyclic amines) is 1. The zero-order valence-electron chi connectivity index (χ0n) is 16.0. The third-order valence-corrected chi connectivity index (χ3v) is 5.57. The van der Waals surface area contributed by atoms with Gasteiger partial charge in [-0.05, 0) is 49.9 Å². The number of benzene rings is 1. The summed E-state index contributed by atoms with van der Waals surface area (Å²) in [5, 5.41) is 0.436. The Morgan fingerprint density at radius 2 is 1.96 bits per heavy atom. The van der Waals surface area contributed by atoms with Crippen molar-refractivity contribution < 1.29 is 14.3 Å². The van der Waals surface area contributed by atoms with E-state index >= 15 is 0 Å². The van der Waals surface area contributed by atoms with E-state index in [2.05, 4.69) is 12.1 Å². The minimum absolute atomic E-state index is 0.258. The number of carbonyl (C=O) groups excluding carboxylic acids is 2. The van der Waals surface area contributed by atoms with Gasteiger partial charge in [0.15, 0.2) is 5.05 Å². The van der Waals surface area contributed by atoms with Crippen LogP contribution in [-0.2, 0) is 20.7 Å². The maximum Gasteiger partial charge on any atom is 0.291 e. The van der Waals surface area contributed by atoms with Crippen molar-refractivity contribution in [2.24, 2.45) is 5.41 Å². The fourth-order valence-electron chi connectivity index (χ4n) is 3.03. The van der Waals surface area contributed by atoms with Crippen molar-refractivity contribution in [2.45, 2.75) is 58.9 Å². The van der Waals surface area contributed by atoms with E-state index in [4.69, 9.17) is 17.0 Å². The third kappa shape index (κ3) is 5.13. The molecular formula is C21H29NO3S. The zero-order valence-corrected chi connectivity index (χ0v) is 16.8. The molecule has 0 aliphatic carbocycles. The predicted octanol–water partition coefficient (Wildman–Crippen LogP) is 3.96. The molecule has 0 N–H and O–H groups in total. The van der Waals surface area contributed by atoms with Gasteiger partial charge in [0, 0.05) is 12.0 Å². The van der Waals surface area contributed by atoms with Crippen molar-refractivity contribution >= 4 is 29.0 Å². The molecule has 1 saturated heterocycles. The zero-order chi connectivity index (χ0) is 19.2. The lowest BCUT2D eigenvalue weighted by Gasteiger charge is -2.28. The Balaban J connectivity index is 1.85. The summed E-state index contributed by atoms with van der Waals surface area (Å²) in [6.07, 6.45) is 4.05. The van der Waals surface area contributed by atoms with Gasteiger partial charge in [-0.1, -0.05) is 51.1 Å². The molecule has 0 spiro atoms. The Hall–Kier alpha value is -1.75. The van der Waals surface area contributed by atoms with E-state index in [1.165, 1.54) is 5.56 Å². The van der Waals surface area contributed by atoms with Crippen LogP contribution in [0.25, 0.3) is 0 Å². The Bertz CT molecular complexity index is 642. The lowest BCUT2D eigenvalue weighted by molar-refractivity contribution is -0.149. The summed E-state index contributed by atoms with van der Waals surface area (Å²) in [4.78, 5) is 26.7. The first-order chi connectivity index (χ1) is 12.4. The van der Waals surface area contributed by atoms with Crippen LogP contribution in [-0.4, -0.2) is 40.8 Å². The van der Waals surface area contributed by atoms with E-state index in [0.29, 0.717) is 24.6 Å². The molecule has 1 heterocycles. The number of carbonyl (C=O) groups is 2. The standard InChI is InChI=1S/C21H29NO3S/c1-4-21(2,3)18(23)19(24)22-14-8-13-17(22)20(26)25-15-9-12-16-10-6-5-7-11-16/h5-7,10-11,17H,4,8-9,12-15H2,1-3H3/t17-/m0/s1. The number of nitrogens with zero attached hydrogens (tertiary/aromatic N) is 1. The van der Waals surface area contributed by atoms with Crippen LogP contribution >= 0.6 is 12.2 Å². The lowest BCUT2D eigenvalue weighted by Crippen LogP contribution is -2.47. The first-order valence-electron chi connectivity index (χ1n) is 9.43. The van der Waals surface area contributed by atoms with Crippen LogP contribution in [0, 0.1) is 5.41 Å². The van der Waals surface area contributed by atoms with Gasteiger partial charge in [-0.15, -0.1) is 0 Å². The van der Waals surface area contributed by atoms with Gasteiger partial charge in [0.1, 0.15) is 6.04 Å². The highest BCUT2D eigenvalue weighted by molar-refractivity contribution is 7.80. The summed E-state index contributed by atoms with van der Waals surface area (Å²) in [6.45, 7) is 6.66. The minimum Gasteiger partial charge on any atom is -0.485 e. The Kier molecular flexibility index (Phi) is 7.33. The highest BCUT2D eigenvalue weighted by atomic mass is 32.1. The predicted molar refractivity (Wildman–Crippen MR) is 107 cm³/mol. The largest absolute Gasteiger partial charge is 0.485 e. The molecule has 1 aromatic carbocycles. The molecular weight excluding hydrogens is 346 g/mol. The fourth-order valence-corrected chi connectivity index (χ4v) is 3.35. The molecule has 1 amide bonds. The number of hydrogen-bond donors (Lipinski definition) is 0. The molecule has 0 radical (unpaired) electrons. The second-order valence-corrected chi connectivity index (χ2v) is 7.88. The molecule has 26 heavy (non-hydrogen) atoms. The molecule has 1 fully saturated rings. The third-order valence-electron chi connectivity index (χ3n) is 5.18. The molecule has 0 bridgehead atoms. The van der Waals surface area contributed by atoms with Crippen molar-refractivity contribution in [1.29, 1.82) is 0 Å². The number of aryl methyl sites for hydroxylation is 1. The van der Waals surface area contributed by atoms with Crippen LogP contribution in [0.4, 0.5) is 0 Å². The second-order valence-electron chi connectivity index (χ2n) is 7.48. The van der Waals surface area contributed by atoms with Crippen molar-refractivity contribution in [3.05, 3.63) is 35.9 Å². The van der Waals surface area contributed by atoms with Crippen LogP contribution in [0.5, 0.6) is 0 Å². The molecule has 1 aliphatic heterocycles. The van der Waals surface area contributed by atoms with E-state index in [1.54, 1.807) is 4.90 Å². The molecule has 1 aliphatic rings. The summed E-state index contributed by atoms with van der Waals surface area (Å²) >= 11 is 5.42. The van der Waals surface area contributed by atoms with Crippen LogP contribution in [0.3, 0.4) is 0 Å². The van der Waals surface area contributed by atoms with Crippen LogP contribution in [0.2, 0.25) is 0 Å². The number of thiocarbonyl (C=S) groups is 1. The van der Waals surface area contributed by atoms with Crippen molar-refractivity contribution in [2.75, 3.05) is 13.2 Å². The van der Waals surface area contributed by atoms with Gasteiger partial charge >= 0.3 is 0 Å². The van der Waals surface area contributed by atoms with Crippen molar-refractivity contribution in [3.8, 4) is 0 Å². The molecule has 5 heteroatoms. The summed E-state index contributed by atoms with van der Waals surface area (Å²) in [5.74, 6) is -0.756. The summed E-state index contributed by atoms with van der Waals surface area (Å²) < 4.78 is 5.75. The van der Waals surface area contributed by atoms with Gasteiger partial charge in [0.25, 0.3) is 5.91 Å². The minimum atomic E-state index is -0.637. The van der Waals surface area contributed by atoms with Crippen molar-refractivity contribution in [1.82, 2.24) is 4.90 Å². The van der Waals surface area contributed by atoms with Gasteiger partial charge < -0.3 is 9.64 Å². The number of Topliss-reactive ketones (excluding diaryl/α,β-unsaturated/α-hetero) is 1. The van der Waals surface area contributed by atoms with Gasteiger partial charge in [-0.2, -0.15) is 0 Å². The van der Waals surface area contributed by atoms with Crippen LogP contribution in [0.15, 0.2) is 30.3 Å². The quantitative estimate of drug-likeness (QED) is 0.392. The van der Waals surface area contributed by atoms with Crippen LogP contribution < -0.4 is 0 Å². The summed E-state index contributed by atoms with van der Waals surface area (Å²) in [5.41, 5.74) is 0.634. The van der Waals surface area contributed by atoms with Gasteiger partial charge in [-0.25, -0.2) is 0 Å². The first-order valence-corrected chi connectivity index (χ1v) is 9.83. The smallest absolute Gasteiger partial charge is 0.291 e. The number of ketones is 1. The van der Waals surface area contributed by atoms with E-state index < -0.39 is 11.3 Å². The Labute approximate surface area is 161 Å². The molecule has 0 unspecified atom stereocenters. The fraction of sp³-hybridized carbons (Fsp3) is 0.571. The highest BCUT2D eigenvalue weighted by Gasteiger charge is 2.40. The Morgan fingerprint density at radius 1 is 1.27 bits per heavy atom. The average molecular weight is 376 g/mol. The number of ether oxygens (including phenoxy) is 1. The van der Waals surface area contributed by atoms with Gasteiger partial charge in [0.2, 0.25) is 5.78 Å². The van der Waals surface area contributed by atoms with E-state index in [9.17, 15) is 9.59 Å². The molecule has 0 aromatic heterocycles. The topological polar surface area (TPSA) is 46.6 Å². The lowest BCUT2D eigenvalue weighted by atomic mass is 9.84. The monoisotopic (exact) mass is 375 g/mol. The molecule has 142 valence electrons. The van der Waals surface area contributed by atoms with Crippen molar-refractivity contribution in [3.63, 3.8) is 0 Å². The first kappa shape index (κ1) is 20.6. The van der Waals surface area contributed by atoms with Gasteiger partial charge in [-0.3, -0.25) is 9.59 Å². The normalized spacial score (nSPS) is 17.2. The highest BCUT2D eigenvalue weighted by Crippen LogP contribution is 2.26. The van der Waals surface area contributed by atoms with E-state index in [1.807, 2.05) is 39.0 Å². The molecule has 0 saturated carbocycles.